The van der Waals surface area contributed by atoms with Gasteiger partial charge in [0, 0.05) is 42.3 Å². The molecule has 4 N–H and O–H groups in total. The molecule has 1 aromatic carbocycles. The number of nitrogens with one attached hydrogen (secondary N) is 3. The van der Waals surface area contributed by atoms with E-state index in [4.69, 9.17) is 16.3 Å². The predicted molar refractivity (Wildman–Crippen MR) is 125 cm³/mol. The normalized spacial score (nSPS) is 16.1. The van der Waals surface area contributed by atoms with Gasteiger partial charge in [-0.05, 0) is 50.6 Å². The van der Waals surface area contributed by atoms with E-state index in [-0.39, 0.29) is 18.4 Å². The number of rotatable bonds is 9. The number of alkyl halides is 1. The van der Waals surface area contributed by atoms with E-state index >= 15 is 0 Å². The molecule has 0 saturated heterocycles. The topological polar surface area (TPSA) is 107 Å². The first-order valence-corrected chi connectivity index (χ1v) is 11.1. The number of carbonyl (C=O) groups excluding carboxylic acids is 2. The summed E-state index contributed by atoms with van der Waals surface area (Å²) in [4.78, 5) is 30.0. The molecule has 0 radical (unpaired) electrons. The Morgan fingerprint density at radius 1 is 1.39 bits per heavy atom. The van der Waals surface area contributed by atoms with Gasteiger partial charge in [0.25, 0.3) is 11.8 Å². The van der Waals surface area contributed by atoms with Gasteiger partial charge in [-0.2, -0.15) is 0 Å². The molecule has 2 atom stereocenters. The Morgan fingerprint density at radius 2 is 2.12 bits per heavy atom. The van der Waals surface area contributed by atoms with Crippen molar-refractivity contribution in [2.45, 2.75) is 39.7 Å². The van der Waals surface area contributed by atoms with Crippen LogP contribution in [0, 0.1) is 19.7 Å². The van der Waals surface area contributed by atoms with Crippen LogP contribution in [0.4, 0.5) is 10.1 Å². The minimum atomic E-state index is -1.17. The van der Waals surface area contributed by atoms with Crippen molar-refractivity contribution >= 4 is 40.8 Å². The number of halogens is 2. The standard InChI is InChI=1S/C23H28ClFN4O4/c1-5-29(23(32)33-14(4)24)9-8-26-22(31)20-12(2)19(27-13(20)3)11-17-16-10-15(25)6-7-18(16)28-21(17)30/h6-7,10-11,14,23,27,32H,5,8-9H2,1-4H3,(H,26,31)(H,28,30)/b17-11-. The van der Waals surface area contributed by atoms with Gasteiger partial charge in [0.1, 0.15) is 11.4 Å². The molecule has 0 aliphatic carbocycles. The largest absolute Gasteiger partial charge is 0.358 e. The van der Waals surface area contributed by atoms with E-state index in [1.54, 1.807) is 31.7 Å². The smallest absolute Gasteiger partial charge is 0.256 e. The minimum absolute atomic E-state index is 0.277. The van der Waals surface area contributed by atoms with Crippen LogP contribution in [0.5, 0.6) is 0 Å². The third kappa shape index (κ3) is 5.62. The van der Waals surface area contributed by atoms with Crippen LogP contribution in [-0.2, 0) is 9.53 Å². The summed E-state index contributed by atoms with van der Waals surface area (Å²) in [6.07, 6.45) is 0.457. The number of anilines is 1. The number of amides is 2. The quantitative estimate of drug-likeness (QED) is 0.251. The van der Waals surface area contributed by atoms with Crippen LogP contribution in [-0.4, -0.2) is 58.4 Å². The highest BCUT2D eigenvalue weighted by Crippen LogP contribution is 2.34. The molecule has 0 saturated carbocycles. The number of aliphatic hydroxyl groups is 1. The molecule has 1 aromatic heterocycles. The van der Waals surface area contributed by atoms with E-state index in [0.29, 0.717) is 52.4 Å². The number of carbonyl (C=O) groups is 2. The van der Waals surface area contributed by atoms with Crippen molar-refractivity contribution in [3.8, 4) is 0 Å². The zero-order valence-electron chi connectivity index (χ0n) is 19.0. The van der Waals surface area contributed by atoms with Crippen LogP contribution < -0.4 is 10.6 Å². The van der Waals surface area contributed by atoms with Crippen molar-refractivity contribution in [3.05, 3.63) is 52.1 Å². The molecular weight excluding hydrogens is 451 g/mol. The number of hydrogen-bond acceptors (Lipinski definition) is 5. The van der Waals surface area contributed by atoms with Crippen molar-refractivity contribution in [3.63, 3.8) is 0 Å². The molecule has 0 fully saturated rings. The van der Waals surface area contributed by atoms with Gasteiger partial charge >= 0.3 is 0 Å². The lowest BCUT2D eigenvalue weighted by molar-refractivity contribution is -0.197. The van der Waals surface area contributed by atoms with Crippen LogP contribution in [0.3, 0.4) is 0 Å². The third-order valence-corrected chi connectivity index (χ3v) is 5.57. The summed E-state index contributed by atoms with van der Waals surface area (Å²) in [6, 6.07) is 4.11. The highest BCUT2D eigenvalue weighted by Gasteiger charge is 2.26. The van der Waals surface area contributed by atoms with Crippen molar-refractivity contribution in [2.24, 2.45) is 0 Å². The molecule has 1 aliphatic rings. The monoisotopic (exact) mass is 478 g/mol. The van der Waals surface area contributed by atoms with E-state index in [2.05, 4.69) is 15.6 Å². The van der Waals surface area contributed by atoms with E-state index in [0.717, 1.165) is 0 Å². The number of hydrogen-bond donors (Lipinski definition) is 4. The fourth-order valence-electron chi connectivity index (χ4n) is 3.79. The van der Waals surface area contributed by atoms with E-state index in [1.807, 2.05) is 6.92 Å². The van der Waals surface area contributed by atoms with Crippen LogP contribution in [0.1, 0.15) is 46.7 Å². The van der Waals surface area contributed by atoms with Gasteiger partial charge < -0.3 is 25.5 Å². The SMILES string of the molecule is CCN(CCNC(=O)c1c(C)[nH]c(/C=C2\C(=O)Nc3ccc(F)cc32)c1C)C(O)OC(C)Cl. The fourth-order valence-corrected chi connectivity index (χ4v) is 3.88. The average Bonchev–Trinajstić information content (AvgIpc) is 3.19. The Hall–Kier alpha value is -2.72. The molecule has 2 heterocycles. The van der Waals surface area contributed by atoms with Gasteiger partial charge in [0.15, 0.2) is 0 Å². The molecule has 3 rings (SSSR count). The third-order valence-electron chi connectivity index (χ3n) is 5.47. The van der Waals surface area contributed by atoms with Gasteiger partial charge in [-0.15, -0.1) is 0 Å². The highest BCUT2D eigenvalue weighted by atomic mass is 35.5. The number of aromatic amines is 1. The molecule has 178 valence electrons. The number of benzene rings is 1. The molecule has 2 aromatic rings. The first kappa shape index (κ1) is 24.9. The summed E-state index contributed by atoms with van der Waals surface area (Å²) in [5.41, 5.74) is 3.06. The number of aryl methyl sites for hydroxylation is 1. The molecule has 2 amide bonds. The molecule has 0 bridgehead atoms. The van der Waals surface area contributed by atoms with Crippen molar-refractivity contribution in [2.75, 3.05) is 25.0 Å². The summed E-state index contributed by atoms with van der Waals surface area (Å²) in [5, 5.41) is 15.6. The van der Waals surface area contributed by atoms with Crippen LogP contribution in [0.15, 0.2) is 18.2 Å². The number of fused-ring (bicyclic) bond motifs is 1. The van der Waals surface area contributed by atoms with Crippen molar-refractivity contribution in [1.82, 2.24) is 15.2 Å². The lowest BCUT2D eigenvalue weighted by Gasteiger charge is -2.27. The van der Waals surface area contributed by atoms with E-state index in [1.165, 1.54) is 18.2 Å². The van der Waals surface area contributed by atoms with Gasteiger partial charge in [0.05, 0.1) is 11.1 Å². The first-order chi connectivity index (χ1) is 15.6. The number of likely N-dealkylation sites (N-methyl/N-ethyl adjacent to an activating group) is 1. The van der Waals surface area contributed by atoms with E-state index < -0.39 is 17.8 Å². The molecule has 0 spiro atoms. The molecule has 1 aliphatic heterocycles. The Kier molecular flexibility index (Phi) is 7.91. The maximum Gasteiger partial charge on any atom is 0.256 e. The van der Waals surface area contributed by atoms with Gasteiger partial charge in [-0.25, -0.2) is 4.39 Å². The lowest BCUT2D eigenvalue weighted by Crippen LogP contribution is -2.43. The summed E-state index contributed by atoms with van der Waals surface area (Å²) < 4.78 is 18.9. The minimum Gasteiger partial charge on any atom is -0.358 e. The summed E-state index contributed by atoms with van der Waals surface area (Å²) in [7, 11) is 0. The Morgan fingerprint density at radius 3 is 2.79 bits per heavy atom. The van der Waals surface area contributed by atoms with Crippen LogP contribution >= 0.6 is 11.6 Å². The second-order valence-electron chi connectivity index (χ2n) is 7.76. The van der Waals surface area contributed by atoms with Crippen LogP contribution in [0.25, 0.3) is 11.6 Å². The van der Waals surface area contributed by atoms with Crippen LogP contribution in [0.2, 0.25) is 0 Å². The number of aromatic nitrogens is 1. The Balaban J connectivity index is 1.73. The second kappa shape index (κ2) is 10.5. The lowest BCUT2D eigenvalue weighted by atomic mass is 10.0. The zero-order valence-corrected chi connectivity index (χ0v) is 19.7. The fraction of sp³-hybridized carbons (Fsp3) is 0.391. The summed E-state index contributed by atoms with van der Waals surface area (Å²) in [6.45, 7) is 8.15. The van der Waals surface area contributed by atoms with Gasteiger partial charge in [-0.3, -0.25) is 14.5 Å². The molecular formula is C23H28ClFN4O4. The number of ether oxygens (including phenoxy) is 1. The van der Waals surface area contributed by atoms with E-state index in [9.17, 15) is 19.1 Å². The zero-order chi connectivity index (χ0) is 24.3. The maximum absolute atomic E-state index is 13.7. The molecule has 33 heavy (non-hydrogen) atoms. The van der Waals surface area contributed by atoms with Gasteiger partial charge in [-0.1, -0.05) is 18.5 Å². The molecule has 8 nitrogen and oxygen atoms in total. The maximum atomic E-state index is 13.7. The molecule has 2 unspecified atom stereocenters. The van der Waals surface area contributed by atoms with Crippen molar-refractivity contribution in [1.29, 1.82) is 0 Å². The highest BCUT2D eigenvalue weighted by molar-refractivity contribution is 6.34. The summed E-state index contributed by atoms with van der Waals surface area (Å²) >= 11 is 5.75. The number of nitrogens with zero attached hydrogens (tertiary/aromatic N) is 1. The molecule has 10 heteroatoms. The van der Waals surface area contributed by atoms with Crippen molar-refractivity contribution < 1.29 is 23.8 Å². The first-order valence-electron chi connectivity index (χ1n) is 10.6. The Labute approximate surface area is 196 Å². The predicted octanol–water partition coefficient (Wildman–Crippen LogP) is 3.19. The summed E-state index contributed by atoms with van der Waals surface area (Å²) in [5.74, 6) is -1.06. The number of aliphatic hydroxyl groups excluding tert-OH is 1. The average molecular weight is 479 g/mol. The second-order valence-corrected chi connectivity index (χ2v) is 8.37. The number of H-pyrrole nitrogens is 1. The Bertz CT molecular complexity index is 1080. The van der Waals surface area contributed by atoms with Gasteiger partial charge in [0.2, 0.25) is 6.41 Å².